The highest BCUT2D eigenvalue weighted by molar-refractivity contribution is 9.10. The molecule has 2 amide bonds. The number of carbonyl (C=O) groups excluding carboxylic acids is 2. The number of amides is 2. The first-order chi connectivity index (χ1) is 19.0. The fraction of sp³-hybridized carbons (Fsp3) is 0.182. The van der Waals surface area contributed by atoms with E-state index in [4.69, 9.17) is 9.73 Å². The van der Waals surface area contributed by atoms with Crippen molar-refractivity contribution < 1.29 is 14.3 Å². The second kappa shape index (κ2) is 9.02. The first kappa shape index (κ1) is 24.0. The standard InChI is InChI=1S/C33H25BrN2O3/c1-2-39-23-16-14-22(15-17-23)36-31(37)29-28-24-10-3-5-12-26(24)33(30(29)32(36)38,27-13-6-4-11-25(27)28)19-35-21-9-7-8-20(34)18-21/h3-19,28-30H,2H2,1H3/t28?,29-,30+,33?/m1/s1. The molecular formula is C33H25BrN2O3. The lowest BCUT2D eigenvalue weighted by molar-refractivity contribution is -0.122. The minimum Gasteiger partial charge on any atom is -0.494 e. The summed E-state index contributed by atoms with van der Waals surface area (Å²) in [6, 6.07) is 31.4. The molecule has 39 heavy (non-hydrogen) atoms. The quantitative estimate of drug-likeness (QED) is 0.194. The molecule has 2 atom stereocenters. The molecule has 0 aromatic heterocycles. The van der Waals surface area contributed by atoms with Gasteiger partial charge in [0.1, 0.15) is 5.75 Å². The number of imide groups is 1. The van der Waals surface area contributed by atoms with Gasteiger partial charge < -0.3 is 4.74 Å². The Balaban J connectivity index is 1.45. The average molecular weight is 577 g/mol. The molecule has 1 heterocycles. The first-order valence-electron chi connectivity index (χ1n) is 13.1. The van der Waals surface area contributed by atoms with E-state index in [0.29, 0.717) is 18.0 Å². The summed E-state index contributed by atoms with van der Waals surface area (Å²) in [6.45, 7) is 2.47. The predicted octanol–water partition coefficient (Wildman–Crippen LogP) is 6.80. The van der Waals surface area contributed by atoms with E-state index in [2.05, 4.69) is 40.2 Å². The van der Waals surface area contributed by atoms with Crippen LogP contribution in [0.5, 0.6) is 5.75 Å². The number of benzene rings is 4. The van der Waals surface area contributed by atoms with Crippen LogP contribution in [0.25, 0.3) is 0 Å². The highest BCUT2D eigenvalue weighted by Gasteiger charge is 2.67. The van der Waals surface area contributed by atoms with Crippen LogP contribution in [-0.4, -0.2) is 24.6 Å². The fourth-order valence-electron chi connectivity index (χ4n) is 6.90. The topological polar surface area (TPSA) is 59.0 Å². The maximum Gasteiger partial charge on any atom is 0.239 e. The molecule has 1 fully saturated rings. The van der Waals surface area contributed by atoms with Crippen LogP contribution in [-0.2, 0) is 15.0 Å². The van der Waals surface area contributed by atoms with Crippen molar-refractivity contribution in [1.29, 1.82) is 0 Å². The second-order valence-electron chi connectivity index (χ2n) is 10.2. The molecule has 2 bridgehead atoms. The number of hydrogen-bond donors (Lipinski definition) is 0. The van der Waals surface area contributed by atoms with Gasteiger partial charge in [0.05, 0.1) is 35.2 Å². The zero-order chi connectivity index (χ0) is 26.7. The van der Waals surface area contributed by atoms with Crippen molar-refractivity contribution in [3.8, 4) is 5.75 Å². The van der Waals surface area contributed by atoms with Gasteiger partial charge in [0.2, 0.25) is 11.8 Å². The third-order valence-electron chi connectivity index (χ3n) is 8.32. The van der Waals surface area contributed by atoms with E-state index in [1.165, 1.54) is 4.90 Å². The summed E-state index contributed by atoms with van der Waals surface area (Å²) >= 11 is 3.54. The highest BCUT2D eigenvalue weighted by Crippen LogP contribution is 2.63. The normalized spacial score (nSPS) is 24.6. The van der Waals surface area contributed by atoms with Crippen molar-refractivity contribution in [2.24, 2.45) is 16.8 Å². The van der Waals surface area contributed by atoms with Crippen LogP contribution in [0.4, 0.5) is 11.4 Å². The Hall–Kier alpha value is -4.03. The first-order valence-corrected chi connectivity index (χ1v) is 13.9. The zero-order valence-electron chi connectivity index (χ0n) is 21.3. The molecule has 5 nitrogen and oxygen atoms in total. The number of ether oxygens (including phenoxy) is 1. The van der Waals surface area contributed by atoms with Gasteiger partial charge in [-0.1, -0.05) is 70.5 Å². The van der Waals surface area contributed by atoms with E-state index in [0.717, 1.165) is 32.4 Å². The van der Waals surface area contributed by atoms with Gasteiger partial charge >= 0.3 is 0 Å². The van der Waals surface area contributed by atoms with Crippen LogP contribution in [0, 0.1) is 11.8 Å². The van der Waals surface area contributed by atoms with E-state index < -0.39 is 17.3 Å². The summed E-state index contributed by atoms with van der Waals surface area (Å²) in [5.41, 5.74) is 4.72. The van der Waals surface area contributed by atoms with Gasteiger partial charge in [-0.05, 0) is 71.6 Å². The SMILES string of the molecule is CCOc1ccc(N2C(=O)[C@@H]3C4c5ccccc5C(C=Nc5cccc(Br)c5)(c5ccccc54)[C@@H]3C2=O)cc1. The van der Waals surface area contributed by atoms with Crippen molar-refractivity contribution in [2.45, 2.75) is 18.3 Å². The summed E-state index contributed by atoms with van der Waals surface area (Å²) in [7, 11) is 0. The van der Waals surface area contributed by atoms with Crippen molar-refractivity contribution in [2.75, 3.05) is 11.5 Å². The molecule has 0 N–H and O–H groups in total. The molecule has 4 aromatic rings. The van der Waals surface area contributed by atoms with Crippen LogP contribution in [0.3, 0.4) is 0 Å². The third kappa shape index (κ3) is 3.41. The maximum absolute atomic E-state index is 14.4. The Labute approximate surface area is 235 Å². The van der Waals surface area contributed by atoms with Crippen molar-refractivity contribution >= 4 is 45.3 Å². The van der Waals surface area contributed by atoms with Crippen molar-refractivity contribution in [1.82, 2.24) is 0 Å². The zero-order valence-corrected chi connectivity index (χ0v) is 22.8. The number of nitrogens with zero attached hydrogens (tertiary/aromatic N) is 2. The molecule has 0 radical (unpaired) electrons. The molecule has 4 aliphatic rings. The number of rotatable bonds is 5. The number of halogens is 1. The Morgan fingerprint density at radius 2 is 1.54 bits per heavy atom. The molecule has 4 aromatic carbocycles. The minimum atomic E-state index is -0.887. The van der Waals surface area contributed by atoms with Gasteiger partial charge in [0.25, 0.3) is 0 Å². The van der Waals surface area contributed by atoms with Gasteiger partial charge in [-0.15, -0.1) is 0 Å². The van der Waals surface area contributed by atoms with E-state index in [9.17, 15) is 9.59 Å². The lowest BCUT2D eigenvalue weighted by Gasteiger charge is -2.52. The highest BCUT2D eigenvalue weighted by atomic mass is 79.9. The van der Waals surface area contributed by atoms with Crippen LogP contribution >= 0.6 is 15.9 Å². The molecule has 0 spiro atoms. The summed E-state index contributed by atoms with van der Waals surface area (Å²) in [5.74, 6) is -0.986. The Kier molecular flexibility index (Phi) is 5.56. The van der Waals surface area contributed by atoms with E-state index in [1.54, 1.807) is 12.1 Å². The van der Waals surface area contributed by atoms with Crippen LogP contribution in [0.2, 0.25) is 0 Å². The van der Waals surface area contributed by atoms with Crippen LogP contribution < -0.4 is 9.64 Å². The maximum atomic E-state index is 14.4. The molecule has 1 aliphatic heterocycles. The molecule has 3 aliphatic carbocycles. The lowest BCUT2D eigenvalue weighted by Crippen LogP contribution is -2.54. The van der Waals surface area contributed by atoms with E-state index >= 15 is 0 Å². The molecule has 0 saturated carbocycles. The smallest absolute Gasteiger partial charge is 0.239 e. The van der Waals surface area contributed by atoms with Crippen molar-refractivity contribution in [3.05, 3.63) is 124 Å². The number of hydrogen-bond acceptors (Lipinski definition) is 4. The molecule has 192 valence electrons. The van der Waals surface area contributed by atoms with Gasteiger partial charge in [-0.25, -0.2) is 4.90 Å². The molecule has 6 heteroatoms. The van der Waals surface area contributed by atoms with Gasteiger partial charge in [0, 0.05) is 16.6 Å². The van der Waals surface area contributed by atoms with Gasteiger partial charge in [0.15, 0.2) is 0 Å². The van der Waals surface area contributed by atoms with Crippen LogP contribution in [0.15, 0.2) is 107 Å². The molecule has 1 saturated heterocycles. The second-order valence-corrected chi connectivity index (χ2v) is 11.1. The Bertz CT molecular complexity index is 1610. The van der Waals surface area contributed by atoms with Crippen LogP contribution in [0.1, 0.15) is 35.1 Å². The van der Waals surface area contributed by atoms with E-state index in [-0.39, 0.29) is 17.7 Å². The van der Waals surface area contributed by atoms with Gasteiger partial charge in [-0.3, -0.25) is 14.6 Å². The fourth-order valence-corrected chi connectivity index (χ4v) is 7.28. The summed E-state index contributed by atoms with van der Waals surface area (Å²) in [6.07, 6.45) is 1.92. The monoisotopic (exact) mass is 576 g/mol. The Morgan fingerprint density at radius 3 is 2.18 bits per heavy atom. The Morgan fingerprint density at radius 1 is 0.872 bits per heavy atom. The largest absolute Gasteiger partial charge is 0.494 e. The van der Waals surface area contributed by atoms with Crippen molar-refractivity contribution in [3.63, 3.8) is 0 Å². The molecular weight excluding hydrogens is 552 g/mol. The summed E-state index contributed by atoms with van der Waals surface area (Å²) in [4.78, 5) is 35.0. The molecule has 8 rings (SSSR count). The predicted molar refractivity (Wildman–Crippen MR) is 155 cm³/mol. The van der Waals surface area contributed by atoms with E-state index in [1.807, 2.05) is 73.8 Å². The molecule has 0 unspecified atom stereocenters. The summed E-state index contributed by atoms with van der Waals surface area (Å²) < 4.78 is 6.52. The number of carbonyl (C=O) groups is 2. The third-order valence-corrected chi connectivity index (χ3v) is 8.81. The summed E-state index contributed by atoms with van der Waals surface area (Å²) in [5, 5.41) is 0. The number of aliphatic imine (C=N–C) groups is 1. The number of anilines is 1. The van der Waals surface area contributed by atoms with Gasteiger partial charge in [-0.2, -0.15) is 0 Å². The average Bonchev–Trinajstić information content (AvgIpc) is 3.23. The lowest BCUT2D eigenvalue weighted by atomic mass is 9.47. The minimum absolute atomic E-state index is 0.164.